The Balaban J connectivity index is 2.54. The Hall–Kier alpha value is -1.22. The molecule has 0 saturated heterocycles. The van der Waals surface area contributed by atoms with E-state index < -0.39 is 0 Å². The molecular weight excluding hydrogens is 180 g/mol. The summed E-state index contributed by atoms with van der Waals surface area (Å²) in [6.07, 6.45) is 0. The van der Waals surface area contributed by atoms with Gasteiger partial charge in [-0.25, -0.2) is 4.98 Å². The van der Waals surface area contributed by atoms with Gasteiger partial charge < -0.3 is 0 Å². The van der Waals surface area contributed by atoms with Gasteiger partial charge in [-0.15, -0.1) is 11.3 Å². The molecule has 0 saturated carbocycles. The van der Waals surface area contributed by atoms with Crippen molar-refractivity contribution in [2.75, 3.05) is 0 Å². The normalized spacial score (nSPS) is 10.3. The van der Waals surface area contributed by atoms with Gasteiger partial charge >= 0.3 is 0 Å². The fourth-order valence-electron chi connectivity index (χ4n) is 1.17. The largest absolute Gasteiger partial charge is 0.258 e. The summed E-state index contributed by atoms with van der Waals surface area (Å²) >= 11 is 1.65. The van der Waals surface area contributed by atoms with Gasteiger partial charge in [0.05, 0.1) is 21.4 Å². The molecule has 0 aliphatic rings. The van der Waals surface area contributed by atoms with Crippen LogP contribution in [-0.2, 0) is 0 Å². The van der Waals surface area contributed by atoms with Crippen LogP contribution >= 0.6 is 11.3 Å². The highest BCUT2D eigenvalue weighted by Crippen LogP contribution is 2.23. The standard InChI is InChI=1S/C10H10N2S/c1-7(2)12-8-3-4-9-10(5-8)13-6-11-9/h3-6H,1-2H3. The van der Waals surface area contributed by atoms with Gasteiger partial charge in [0, 0.05) is 5.71 Å². The Morgan fingerprint density at radius 1 is 1.38 bits per heavy atom. The minimum Gasteiger partial charge on any atom is -0.258 e. The second-order valence-corrected chi connectivity index (χ2v) is 3.95. The van der Waals surface area contributed by atoms with Gasteiger partial charge in [0.15, 0.2) is 0 Å². The Bertz CT molecular complexity index is 453. The average Bonchev–Trinajstić information content (AvgIpc) is 2.49. The first kappa shape index (κ1) is 8.38. The summed E-state index contributed by atoms with van der Waals surface area (Å²) in [6, 6.07) is 6.07. The molecule has 1 aromatic carbocycles. The maximum absolute atomic E-state index is 4.38. The van der Waals surface area contributed by atoms with E-state index in [4.69, 9.17) is 0 Å². The van der Waals surface area contributed by atoms with Crippen molar-refractivity contribution in [3.63, 3.8) is 0 Å². The Labute approximate surface area is 81.0 Å². The third-order valence-electron chi connectivity index (χ3n) is 1.67. The molecule has 1 heterocycles. The van der Waals surface area contributed by atoms with Crippen LogP contribution in [-0.4, -0.2) is 10.7 Å². The molecule has 2 nitrogen and oxygen atoms in total. The number of nitrogens with zero attached hydrogens (tertiary/aromatic N) is 2. The summed E-state index contributed by atoms with van der Waals surface area (Å²) < 4.78 is 1.20. The lowest BCUT2D eigenvalue weighted by Gasteiger charge is -1.94. The SMILES string of the molecule is CC(C)=Nc1ccc2ncsc2c1. The highest BCUT2D eigenvalue weighted by Gasteiger charge is 1.96. The molecule has 0 N–H and O–H groups in total. The van der Waals surface area contributed by atoms with Crippen LogP contribution in [0.4, 0.5) is 5.69 Å². The van der Waals surface area contributed by atoms with Crippen LogP contribution in [0.2, 0.25) is 0 Å². The zero-order valence-corrected chi connectivity index (χ0v) is 8.43. The number of aliphatic imine (C=N–C) groups is 1. The van der Waals surface area contributed by atoms with Crippen molar-refractivity contribution in [2.24, 2.45) is 4.99 Å². The van der Waals surface area contributed by atoms with Gasteiger partial charge in [0.2, 0.25) is 0 Å². The average molecular weight is 190 g/mol. The predicted octanol–water partition coefficient (Wildman–Crippen LogP) is 3.41. The molecule has 2 aromatic rings. The minimum atomic E-state index is 1.01. The molecule has 13 heavy (non-hydrogen) atoms. The van der Waals surface area contributed by atoms with Gasteiger partial charge in [-0.3, -0.25) is 4.99 Å². The summed E-state index contributed by atoms with van der Waals surface area (Å²) in [7, 11) is 0. The van der Waals surface area contributed by atoms with Crippen molar-refractivity contribution in [3.8, 4) is 0 Å². The lowest BCUT2D eigenvalue weighted by Crippen LogP contribution is -1.77. The smallest absolute Gasteiger partial charge is 0.0813 e. The predicted molar refractivity (Wildman–Crippen MR) is 58.1 cm³/mol. The van der Waals surface area contributed by atoms with E-state index in [1.807, 2.05) is 31.5 Å². The molecule has 0 atom stereocenters. The molecule has 1 aromatic heterocycles. The van der Waals surface area contributed by atoms with Gasteiger partial charge in [-0.2, -0.15) is 0 Å². The summed E-state index contributed by atoms with van der Waals surface area (Å²) in [5.41, 5.74) is 5.00. The Kier molecular flexibility index (Phi) is 2.10. The van der Waals surface area contributed by atoms with Gasteiger partial charge in [-0.1, -0.05) is 0 Å². The molecular formula is C10H10N2S. The summed E-state index contributed by atoms with van der Waals surface area (Å²) in [4.78, 5) is 8.59. The first-order valence-corrected chi connectivity index (χ1v) is 4.99. The Morgan fingerprint density at radius 3 is 3.00 bits per heavy atom. The molecule has 66 valence electrons. The van der Waals surface area contributed by atoms with Gasteiger partial charge in [-0.05, 0) is 32.0 Å². The number of fused-ring (bicyclic) bond motifs is 1. The summed E-state index contributed by atoms with van der Waals surface area (Å²) in [6.45, 7) is 3.99. The van der Waals surface area contributed by atoms with Crippen LogP contribution in [0.5, 0.6) is 0 Å². The van der Waals surface area contributed by atoms with Crippen LogP contribution in [0.1, 0.15) is 13.8 Å². The van der Waals surface area contributed by atoms with E-state index >= 15 is 0 Å². The maximum Gasteiger partial charge on any atom is 0.0813 e. The van der Waals surface area contributed by atoms with E-state index in [1.165, 1.54) is 4.70 Å². The van der Waals surface area contributed by atoms with Gasteiger partial charge in [0.1, 0.15) is 0 Å². The topological polar surface area (TPSA) is 25.2 Å². The molecule has 0 aliphatic carbocycles. The number of hydrogen-bond donors (Lipinski definition) is 0. The van der Waals surface area contributed by atoms with Crippen molar-refractivity contribution in [1.82, 2.24) is 4.98 Å². The van der Waals surface area contributed by atoms with Crippen LogP contribution in [0, 0.1) is 0 Å². The minimum absolute atomic E-state index is 1.01. The van der Waals surface area contributed by atoms with E-state index in [2.05, 4.69) is 16.0 Å². The molecule has 0 unspecified atom stereocenters. The van der Waals surface area contributed by atoms with E-state index in [1.54, 1.807) is 11.3 Å². The zero-order chi connectivity index (χ0) is 9.26. The monoisotopic (exact) mass is 190 g/mol. The third-order valence-corrected chi connectivity index (χ3v) is 2.46. The molecule has 2 rings (SSSR count). The molecule has 0 spiro atoms. The van der Waals surface area contributed by atoms with E-state index in [0.717, 1.165) is 16.9 Å². The van der Waals surface area contributed by atoms with Crippen molar-refractivity contribution in [3.05, 3.63) is 23.7 Å². The number of hydrogen-bond acceptors (Lipinski definition) is 3. The van der Waals surface area contributed by atoms with E-state index in [0.29, 0.717) is 0 Å². The van der Waals surface area contributed by atoms with Gasteiger partial charge in [0.25, 0.3) is 0 Å². The summed E-state index contributed by atoms with van der Waals surface area (Å²) in [5, 5.41) is 0. The number of thiazole rings is 1. The van der Waals surface area contributed by atoms with Crippen LogP contribution in [0.15, 0.2) is 28.7 Å². The van der Waals surface area contributed by atoms with Crippen molar-refractivity contribution >= 4 is 33.0 Å². The van der Waals surface area contributed by atoms with Crippen molar-refractivity contribution in [2.45, 2.75) is 13.8 Å². The fraction of sp³-hybridized carbons (Fsp3) is 0.200. The lowest BCUT2D eigenvalue weighted by atomic mass is 10.3. The molecule has 0 radical (unpaired) electrons. The number of rotatable bonds is 1. The number of aromatic nitrogens is 1. The molecule has 0 fully saturated rings. The maximum atomic E-state index is 4.38. The van der Waals surface area contributed by atoms with Crippen molar-refractivity contribution in [1.29, 1.82) is 0 Å². The molecule has 0 amide bonds. The zero-order valence-electron chi connectivity index (χ0n) is 7.61. The highest BCUT2D eigenvalue weighted by atomic mass is 32.1. The molecule has 3 heteroatoms. The quantitative estimate of drug-likeness (QED) is 0.632. The first-order chi connectivity index (χ1) is 6.25. The third kappa shape index (κ3) is 1.75. The van der Waals surface area contributed by atoms with Crippen LogP contribution in [0.3, 0.4) is 0 Å². The molecule has 0 aliphatic heterocycles. The number of benzene rings is 1. The fourth-order valence-corrected chi connectivity index (χ4v) is 1.88. The first-order valence-electron chi connectivity index (χ1n) is 4.11. The second-order valence-electron chi connectivity index (χ2n) is 3.06. The van der Waals surface area contributed by atoms with Crippen molar-refractivity contribution < 1.29 is 0 Å². The van der Waals surface area contributed by atoms with Crippen LogP contribution < -0.4 is 0 Å². The Morgan fingerprint density at radius 2 is 2.23 bits per heavy atom. The molecule has 0 bridgehead atoms. The lowest BCUT2D eigenvalue weighted by molar-refractivity contribution is 1.47. The van der Waals surface area contributed by atoms with E-state index in [9.17, 15) is 0 Å². The summed E-state index contributed by atoms with van der Waals surface area (Å²) in [5.74, 6) is 0. The highest BCUT2D eigenvalue weighted by molar-refractivity contribution is 7.16. The second kappa shape index (κ2) is 3.26. The van der Waals surface area contributed by atoms with E-state index in [-0.39, 0.29) is 0 Å². The van der Waals surface area contributed by atoms with Crippen LogP contribution in [0.25, 0.3) is 10.2 Å².